The van der Waals surface area contributed by atoms with Gasteiger partial charge in [0, 0.05) is 7.05 Å². The molecule has 1 aliphatic rings. The molecule has 0 aliphatic heterocycles. The lowest BCUT2D eigenvalue weighted by atomic mass is 10.2. The molecule has 8 heteroatoms. The summed E-state index contributed by atoms with van der Waals surface area (Å²) in [5.74, 6) is 0.0728. The van der Waals surface area contributed by atoms with E-state index in [1.165, 1.54) is 5.56 Å². The Morgan fingerprint density at radius 3 is 2.76 bits per heavy atom. The number of fused-ring (bicyclic) bond motifs is 1. The van der Waals surface area contributed by atoms with Crippen LogP contribution in [-0.4, -0.2) is 37.8 Å². The molecule has 29 heavy (non-hydrogen) atoms. The highest BCUT2D eigenvalue weighted by atomic mass is 32.1. The summed E-state index contributed by atoms with van der Waals surface area (Å²) in [5.41, 5.74) is 2.38. The van der Waals surface area contributed by atoms with Gasteiger partial charge in [-0.25, -0.2) is 9.67 Å². The molecular formula is C21H21N5OS2. The lowest BCUT2D eigenvalue weighted by molar-refractivity contribution is -0.137. The van der Waals surface area contributed by atoms with Crippen LogP contribution in [-0.2, 0) is 10.3 Å². The van der Waals surface area contributed by atoms with Crippen molar-refractivity contribution in [1.29, 1.82) is 0 Å². The smallest absolute Gasteiger partial charge is 0.250 e. The Balaban J connectivity index is 1.40. The number of thiophene rings is 1. The first-order valence-corrected chi connectivity index (χ1v) is 11.3. The van der Waals surface area contributed by atoms with Gasteiger partial charge in [0.2, 0.25) is 0 Å². The monoisotopic (exact) mass is 423 g/mol. The fraction of sp³-hybridized carbons (Fsp3) is 0.333. The average molecular weight is 424 g/mol. The number of carbonyl (C=O) groups is 1. The number of hydrogen-bond acceptors (Lipinski definition) is 6. The third-order valence-corrected chi connectivity index (χ3v) is 7.96. The Hall–Kier alpha value is -2.58. The van der Waals surface area contributed by atoms with E-state index < -0.39 is 5.54 Å². The van der Waals surface area contributed by atoms with Crippen LogP contribution in [0.3, 0.4) is 0 Å². The molecule has 0 bridgehead atoms. The van der Waals surface area contributed by atoms with Gasteiger partial charge in [0.25, 0.3) is 5.91 Å². The molecule has 1 unspecified atom stereocenters. The molecule has 1 saturated carbocycles. The van der Waals surface area contributed by atoms with E-state index in [1.54, 1.807) is 27.4 Å². The zero-order valence-electron chi connectivity index (χ0n) is 16.5. The maximum Gasteiger partial charge on any atom is 0.250 e. The molecule has 0 radical (unpaired) electrons. The molecule has 6 nitrogen and oxygen atoms in total. The second-order valence-electron chi connectivity index (χ2n) is 7.62. The van der Waals surface area contributed by atoms with E-state index in [9.17, 15) is 4.79 Å². The fourth-order valence-electron chi connectivity index (χ4n) is 3.61. The van der Waals surface area contributed by atoms with Crippen molar-refractivity contribution in [3.8, 4) is 10.6 Å². The minimum Gasteiger partial charge on any atom is -0.334 e. The fourth-order valence-corrected chi connectivity index (χ4v) is 5.55. The predicted molar refractivity (Wildman–Crippen MR) is 116 cm³/mol. The number of aryl methyl sites for hydroxylation is 1. The number of carbonyl (C=O) groups excluding carboxylic acids is 1. The summed E-state index contributed by atoms with van der Waals surface area (Å²) in [5, 5.41) is 11.7. The number of aromatic nitrogens is 4. The number of rotatable bonds is 5. The predicted octanol–water partition coefficient (Wildman–Crippen LogP) is 4.63. The lowest BCUT2D eigenvalue weighted by Crippen LogP contribution is -2.41. The van der Waals surface area contributed by atoms with Gasteiger partial charge in [0.15, 0.2) is 0 Å². The zero-order chi connectivity index (χ0) is 20.2. The summed E-state index contributed by atoms with van der Waals surface area (Å²) in [7, 11) is 1.86. The van der Waals surface area contributed by atoms with E-state index in [2.05, 4.69) is 34.7 Å². The molecule has 4 aromatic rings. The SMILES string of the molecule is Cc1ccsc1-c1cn(C2(C(=O)N(C)C(C)c3nc4ccccc4s3)CC2)nn1. The van der Waals surface area contributed by atoms with Crippen molar-refractivity contribution < 1.29 is 4.79 Å². The molecule has 0 N–H and O–H groups in total. The quantitative estimate of drug-likeness (QED) is 0.469. The molecule has 3 aromatic heterocycles. The van der Waals surface area contributed by atoms with Gasteiger partial charge in [-0.2, -0.15) is 0 Å². The number of thiazole rings is 1. The third-order valence-electron chi connectivity index (χ3n) is 5.72. The van der Waals surface area contributed by atoms with E-state index in [0.717, 1.165) is 38.6 Å². The molecule has 0 saturated heterocycles. The third kappa shape index (κ3) is 2.98. The van der Waals surface area contributed by atoms with Crippen molar-refractivity contribution in [2.45, 2.75) is 38.3 Å². The Kier molecular flexibility index (Phi) is 4.29. The maximum atomic E-state index is 13.4. The normalized spacial score (nSPS) is 16.1. The van der Waals surface area contributed by atoms with Crippen LogP contribution in [0.5, 0.6) is 0 Å². The van der Waals surface area contributed by atoms with E-state index in [1.807, 2.05) is 43.3 Å². The number of amides is 1. The Morgan fingerprint density at radius 1 is 1.28 bits per heavy atom. The van der Waals surface area contributed by atoms with Gasteiger partial charge in [-0.1, -0.05) is 17.3 Å². The van der Waals surface area contributed by atoms with Crippen molar-refractivity contribution in [2.75, 3.05) is 7.05 Å². The van der Waals surface area contributed by atoms with Gasteiger partial charge in [0.05, 0.1) is 27.3 Å². The van der Waals surface area contributed by atoms with Crippen molar-refractivity contribution in [3.05, 3.63) is 52.5 Å². The molecule has 5 rings (SSSR count). The highest BCUT2D eigenvalue weighted by Gasteiger charge is 2.55. The van der Waals surface area contributed by atoms with Gasteiger partial charge in [-0.3, -0.25) is 4.79 Å². The molecule has 1 atom stereocenters. The second kappa shape index (κ2) is 6.74. The summed E-state index contributed by atoms with van der Waals surface area (Å²) in [6.45, 7) is 4.10. The van der Waals surface area contributed by atoms with E-state index in [-0.39, 0.29) is 11.9 Å². The summed E-state index contributed by atoms with van der Waals surface area (Å²) in [4.78, 5) is 21.1. The van der Waals surface area contributed by atoms with Crippen molar-refractivity contribution >= 4 is 38.8 Å². The van der Waals surface area contributed by atoms with E-state index >= 15 is 0 Å². The first-order chi connectivity index (χ1) is 14.0. The molecular weight excluding hydrogens is 402 g/mol. The van der Waals surface area contributed by atoms with Gasteiger partial charge < -0.3 is 4.90 Å². The van der Waals surface area contributed by atoms with E-state index in [4.69, 9.17) is 4.98 Å². The van der Waals surface area contributed by atoms with Gasteiger partial charge in [-0.05, 0) is 55.8 Å². The molecule has 1 fully saturated rings. The first-order valence-electron chi connectivity index (χ1n) is 9.60. The molecule has 1 aliphatic carbocycles. The van der Waals surface area contributed by atoms with Gasteiger partial charge in [0.1, 0.15) is 16.2 Å². The Bertz CT molecular complexity index is 1170. The summed E-state index contributed by atoms with van der Waals surface area (Å²) >= 11 is 3.29. The summed E-state index contributed by atoms with van der Waals surface area (Å²) in [6, 6.07) is 10.1. The zero-order valence-corrected chi connectivity index (χ0v) is 18.1. The molecule has 3 heterocycles. The standard InChI is InChI=1S/C21H21N5OS2/c1-13-8-11-28-18(13)16-12-26(24-23-16)21(9-10-21)20(27)25(3)14(2)19-22-15-6-4-5-7-17(15)29-19/h4-8,11-12,14H,9-10H2,1-3H3. The molecule has 0 spiro atoms. The summed E-state index contributed by atoms with van der Waals surface area (Å²) in [6.07, 6.45) is 3.49. The van der Waals surface area contributed by atoms with Gasteiger partial charge in [-0.15, -0.1) is 27.8 Å². The van der Waals surface area contributed by atoms with Crippen LogP contribution >= 0.6 is 22.7 Å². The first kappa shape index (κ1) is 18.4. The summed E-state index contributed by atoms with van der Waals surface area (Å²) < 4.78 is 2.91. The van der Waals surface area contributed by atoms with Crippen LogP contribution in [0.2, 0.25) is 0 Å². The second-order valence-corrected chi connectivity index (χ2v) is 9.60. The van der Waals surface area contributed by atoms with Crippen molar-refractivity contribution in [1.82, 2.24) is 24.9 Å². The number of likely N-dealkylation sites (N-methyl/N-ethyl adjacent to an activating group) is 1. The maximum absolute atomic E-state index is 13.4. The highest BCUT2D eigenvalue weighted by molar-refractivity contribution is 7.18. The minimum atomic E-state index is -0.615. The Morgan fingerprint density at radius 2 is 2.07 bits per heavy atom. The van der Waals surface area contributed by atoms with Crippen LogP contribution in [0, 0.1) is 6.92 Å². The van der Waals surface area contributed by atoms with Crippen molar-refractivity contribution in [3.63, 3.8) is 0 Å². The van der Waals surface area contributed by atoms with Crippen LogP contribution in [0.25, 0.3) is 20.8 Å². The molecule has 1 aromatic carbocycles. The number of benzene rings is 1. The van der Waals surface area contributed by atoms with Crippen LogP contribution in [0.1, 0.15) is 36.4 Å². The van der Waals surface area contributed by atoms with Crippen LogP contribution in [0.15, 0.2) is 41.9 Å². The van der Waals surface area contributed by atoms with E-state index in [0.29, 0.717) is 0 Å². The largest absolute Gasteiger partial charge is 0.334 e. The molecule has 148 valence electrons. The van der Waals surface area contributed by atoms with Crippen LogP contribution < -0.4 is 0 Å². The average Bonchev–Trinajstić information content (AvgIpc) is 3.09. The number of para-hydroxylation sites is 1. The van der Waals surface area contributed by atoms with Crippen molar-refractivity contribution in [2.24, 2.45) is 0 Å². The highest BCUT2D eigenvalue weighted by Crippen LogP contribution is 2.46. The topological polar surface area (TPSA) is 63.9 Å². The Labute approximate surface area is 176 Å². The van der Waals surface area contributed by atoms with Crippen LogP contribution in [0.4, 0.5) is 0 Å². The van der Waals surface area contributed by atoms with Gasteiger partial charge >= 0.3 is 0 Å². The lowest BCUT2D eigenvalue weighted by Gasteiger charge is -2.27. The number of nitrogens with zero attached hydrogens (tertiary/aromatic N) is 5. The number of hydrogen-bond donors (Lipinski definition) is 0. The minimum absolute atomic E-state index is 0.0728. The molecule has 1 amide bonds.